The van der Waals surface area contributed by atoms with Crippen LogP contribution in [0.1, 0.15) is 16.1 Å². The summed E-state index contributed by atoms with van der Waals surface area (Å²) >= 11 is 6.19. The van der Waals surface area contributed by atoms with Crippen molar-refractivity contribution in [3.63, 3.8) is 0 Å². The molecule has 2 aromatic carbocycles. The molecular formula is C21H17ClFN5O2. The second-order valence-corrected chi connectivity index (χ2v) is 6.84. The quantitative estimate of drug-likeness (QED) is 0.481. The lowest BCUT2D eigenvalue weighted by atomic mass is 10.2. The van der Waals surface area contributed by atoms with Crippen LogP contribution in [0.3, 0.4) is 0 Å². The summed E-state index contributed by atoms with van der Waals surface area (Å²) in [5, 5.41) is 11.4. The molecule has 0 fully saturated rings. The number of amides is 1. The molecule has 2 heterocycles. The van der Waals surface area contributed by atoms with Gasteiger partial charge in [-0.1, -0.05) is 41.9 Å². The number of hydrogen-bond acceptors (Lipinski definition) is 4. The van der Waals surface area contributed by atoms with Crippen LogP contribution in [0.4, 0.5) is 10.2 Å². The number of nitrogens with zero attached hydrogens (tertiary/aromatic N) is 4. The van der Waals surface area contributed by atoms with Crippen molar-refractivity contribution in [1.29, 1.82) is 0 Å². The summed E-state index contributed by atoms with van der Waals surface area (Å²) in [4.78, 5) is 12.5. The van der Waals surface area contributed by atoms with E-state index in [9.17, 15) is 9.18 Å². The van der Waals surface area contributed by atoms with Crippen molar-refractivity contribution in [2.75, 3.05) is 5.32 Å². The van der Waals surface area contributed by atoms with E-state index in [1.54, 1.807) is 35.3 Å². The molecule has 0 aliphatic rings. The molecule has 4 aromatic rings. The molecule has 9 heteroatoms. The Morgan fingerprint density at radius 2 is 1.80 bits per heavy atom. The summed E-state index contributed by atoms with van der Waals surface area (Å²) in [5.74, 6) is 0.178. The van der Waals surface area contributed by atoms with E-state index in [4.69, 9.17) is 16.3 Å². The number of rotatable bonds is 7. The van der Waals surface area contributed by atoms with Gasteiger partial charge < -0.3 is 10.1 Å². The van der Waals surface area contributed by atoms with Crippen molar-refractivity contribution < 1.29 is 13.9 Å². The summed E-state index contributed by atoms with van der Waals surface area (Å²) in [7, 11) is 0. The van der Waals surface area contributed by atoms with Crippen LogP contribution in [0.2, 0.25) is 5.02 Å². The summed E-state index contributed by atoms with van der Waals surface area (Å²) < 4.78 is 21.7. The predicted molar refractivity (Wildman–Crippen MR) is 110 cm³/mol. The first-order valence-corrected chi connectivity index (χ1v) is 9.45. The van der Waals surface area contributed by atoms with Crippen molar-refractivity contribution in [1.82, 2.24) is 19.6 Å². The Balaban J connectivity index is 1.37. The third-order valence-electron chi connectivity index (χ3n) is 4.19. The van der Waals surface area contributed by atoms with Crippen LogP contribution < -0.4 is 10.1 Å². The Bertz CT molecular complexity index is 1140. The molecule has 1 amide bonds. The van der Waals surface area contributed by atoms with Gasteiger partial charge in [-0.2, -0.15) is 10.2 Å². The van der Waals surface area contributed by atoms with Crippen LogP contribution in [0, 0.1) is 5.82 Å². The van der Waals surface area contributed by atoms with Crippen molar-refractivity contribution in [3.8, 4) is 5.75 Å². The fraction of sp³-hybridized carbons (Fsp3) is 0.0952. The molecule has 7 nitrogen and oxygen atoms in total. The number of hydrogen-bond donors (Lipinski definition) is 1. The van der Waals surface area contributed by atoms with Crippen LogP contribution >= 0.6 is 11.6 Å². The third-order valence-corrected chi connectivity index (χ3v) is 4.46. The van der Waals surface area contributed by atoms with Gasteiger partial charge in [-0.25, -0.2) is 9.07 Å². The van der Waals surface area contributed by atoms with Crippen LogP contribution in [-0.4, -0.2) is 25.5 Å². The first kappa shape index (κ1) is 19.7. The molecule has 0 unspecified atom stereocenters. The minimum Gasteiger partial charge on any atom is -0.471 e. The van der Waals surface area contributed by atoms with Gasteiger partial charge in [0.05, 0.1) is 6.54 Å². The summed E-state index contributed by atoms with van der Waals surface area (Å²) in [6.07, 6.45) is 3.24. The van der Waals surface area contributed by atoms with Crippen LogP contribution in [0.5, 0.6) is 5.75 Å². The van der Waals surface area contributed by atoms with Gasteiger partial charge in [0.2, 0.25) is 0 Å². The van der Waals surface area contributed by atoms with Gasteiger partial charge in [-0.15, -0.1) is 0 Å². The molecule has 30 heavy (non-hydrogen) atoms. The molecule has 4 rings (SSSR count). The van der Waals surface area contributed by atoms with Gasteiger partial charge in [0, 0.05) is 12.4 Å². The molecular weight excluding hydrogens is 409 g/mol. The molecule has 0 aliphatic heterocycles. The zero-order valence-corrected chi connectivity index (χ0v) is 16.5. The number of benzene rings is 2. The first-order valence-electron chi connectivity index (χ1n) is 9.07. The molecule has 152 valence electrons. The third kappa shape index (κ3) is 4.84. The van der Waals surface area contributed by atoms with Gasteiger partial charge in [0.25, 0.3) is 5.91 Å². The predicted octanol–water partition coefficient (Wildman–Crippen LogP) is 4.21. The number of ether oxygens (including phenoxy) is 1. The summed E-state index contributed by atoms with van der Waals surface area (Å²) in [6, 6.07) is 17.0. The molecule has 0 aliphatic carbocycles. The zero-order chi connectivity index (χ0) is 20.9. The van der Waals surface area contributed by atoms with E-state index < -0.39 is 5.91 Å². The van der Waals surface area contributed by atoms with E-state index in [-0.39, 0.29) is 29.1 Å². The average Bonchev–Trinajstić information content (AvgIpc) is 3.36. The maximum atomic E-state index is 13.0. The number of carbonyl (C=O) groups is 1. The monoisotopic (exact) mass is 425 g/mol. The van der Waals surface area contributed by atoms with Gasteiger partial charge in [0.15, 0.2) is 18.2 Å². The maximum absolute atomic E-state index is 13.0. The molecule has 0 bridgehead atoms. The second kappa shape index (κ2) is 8.79. The zero-order valence-electron chi connectivity index (χ0n) is 15.7. The maximum Gasteiger partial charge on any atom is 0.277 e. The van der Waals surface area contributed by atoms with Gasteiger partial charge in [-0.3, -0.25) is 9.48 Å². The van der Waals surface area contributed by atoms with Gasteiger partial charge in [-0.05, 0) is 35.9 Å². The highest BCUT2D eigenvalue weighted by molar-refractivity contribution is 6.33. The Hall–Kier alpha value is -3.65. The fourth-order valence-electron chi connectivity index (χ4n) is 2.72. The SMILES string of the molecule is O=C(Nc1nn(Cc2ccc(F)cc2)cc1Cl)c1ccn(COc2ccccc2)n1. The molecule has 2 aromatic heterocycles. The highest BCUT2D eigenvalue weighted by Gasteiger charge is 2.15. The Kier molecular flexibility index (Phi) is 5.76. The Labute approximate surface area is 176 Å². The number of anilines is 1. The fourth-order valence-corrected chi connectivity index (χ4v) is 2.92. The molecule has 0 radical (unpaired) electrons. The van der Waals surface area contributed by atoms with E-state index >= 15 is 0 Å². The number of aromatic nitrogens is 4. The van der Waals surface area contributed by atoms with Crippen molar-refractivity contribution >= 4 is 23.3 Å². The lowest BCUT2D eigenvalue weighted by molar-refractivity contribution is 0.101. The highest BCUT2D eigenvalue weighted by atomic mass is 35.5. The summed E-state index contributed by atoms with van der Waals surface area (Å²) in [6.45, 7) is 0.561. The van der Waals surface area contributed by atoms with Crippen LogP contribution in [-0.2, 0) is 13.3 Å². The largest absolute Gasteiger partial charge is 0.471 e. The number of halogens is 2. The topological polar surface area (TPSA) is 74.0 Å². The highest BCUT2D eigenvalue weighted by Crippen LogP contribution is 2.21. The Morgan fingerprint density at radius 1 is 1.03 bits per heavy atom. The van der Waals surface area contributed by atoms with E-state index in [2.05, 4.69) is 15.5 Å². The van der Waals surface area contributed by atoms with Gasteiger partial charge in [0.1, 0.15) is 16.6 Å². The van der Waals surface area contributed by atoms with Crippen LogP contribution in [0.15, 0.2) is 73.1 Å². The minimum atomic E-state index is -0.442. The number of nitrogens with one attached hydrogen (secondary N) is 1. The van der Waals surface area contributed by atoms with Crippen molar-refractivity contribution in [3.05, 3.63) is 95.2 Å². The first-order chi connectivity index (χ1) is 14.6. The van der Waals surface area contributed by atoms with E-state index in [1.807, 2.05) is 30.3 Å². The molecule has 0 spiro atoms. The lowest BCUT2D eigenvalue weighted by Crippen LogP contribution is -2.15. The van der Waals surface area contributed by atoms with Crippen molar-refractivity contribution in [2.45, 2.75) is 13.3 Å². The van der Waals surface area contributed by atoms with E-state index in [0.29, 0.717) is 12.3 Å². The lowest BCUT2D eigenvalue weighted by Gasteiger charge is -2.05. The smallest absolute Gasteiger partial charge is 0.277 e. The average molecular weight is 426 g/mol. The number of carbonyl (C=O) groups excluding carboxylic acids is 1. The van der Waals surface area contributed by atoms with Crippen molar-refractivity contribution in [2.24, 2.45) is 0 Å². The van der Waals surface area contributed by atoms with Gasteiger partial charge >= 0.3 is 0 Å². The molecule has 0 saturated carbocycles. The molecule has 0 atom stereocenters. The molecule has 1 N–H and O–H groups in total. The summed E-state index contributed by atoms with van der Waals surface area (Å²) in [5.41, 5.74) is 1.06. The minimum absolute atomic E-state index is 0.171. The van der Waals surface area contributed by atoms with E-state index in [0.717, 1.165) is 5.56 Å². The normalized spacial score (nSPS) is 10.7. The van der Waals surface area contributed by atoms with E-state index in [1.165, 1.54) is 16.8 Å². The molecule has 0 saturated heterocycles. The number of para-hydroxylation sites is 1. The standard InChI is InChI=1S/C21H17ClFN5O2/c22-18-13-28(12-15-6-8-16(23)9-7-15)26-20(18)24-21(29)19-10-11-27(25-19)14-30-17-4-2-1-3-5-17/h1-11,13H,12,14H2,(H,24,26,29). The van der Waals surface area contributed by atoms with Crippen LogP contribution in [0.25, 0.3) is 0 Å². The Morgan fingerprint density at radius 3 is 2.57 bits per heavy atom. The second-order valence-electron chi connectivity index (χ2n) is 6.43.